The van der Waals surface area contributed by atoms with E-state index in [1.165, 1.54) is 6.07 Å². The van der Waals surface area contributed by atoms with Crippen molar-refractivity contribution in [1.29, 1.82) is 0 Å². The minimum Gasteiger partial charge on any atom is -0.496 e. The first-order valence-corrected chi connectivity index (χ1v) is 6.95. The van der Waals surface area contributed by atoms with Gasteiger partial charge in [-0.05, 0) is 34.0 Å². The lowest BCUT2D eigenvalue weighted by atomic mass is 10.1. The molecule has 1 aromatic rings. The van der Waals surface area contributed by atoms with Gasteiger partial charge in [-0.3, -0.25) is 0 Å². The van der Waals surface area contributed by atoms with Crippen molar-refractivity contribution >= 4 is 15.9 Å². The number of hydrogen-bond donors (Lipinski definition) is 1. The summed E-state index contributed by atoms with van der Waals surface area (Å²) in [6.45, 7) is 5.22. The van der Waals surface area contributed by atoms with Crippen LogP contribution in [0.2, 0.25) is 0 Å². The van der Waals surface area contributed by atoms with Gasteiger partial charge in [-0.15, -0.1) is 0 Å². The van der Waals surface area contributed by atoms with Gasteiger partial charge < -0.3 is 15.0 Å². The molecule has 0 amide bonds. The largest absolute Gasteiger partial charge is 0.496 e. The highest BCUT2D eigenvalue weighted by Crippen LogP contribution is 2.26. The van der Waals surface area contributed by atoms with Crippen molar-refractivity contribution in [2.24, 2.45) is 0 Å². The van der Waals surface area contributed by atoms with Crippen molar-refractivity contribution < 1.29 is 9.13 Å². The highest BCUT2D eigenvalue weighted by Gasteiger charge is 2.12. The van der Waals surface area contributed by atoms with Crippen molar-refractivity contribution in [2.45, 2.75) is 6.42 Å². The summed E-state index contributed by atoms with van der Waals surface area (Å²) in [6.07, 6.45) is 0.877. The van der Waals surface area contributed by atoms with E-state index in [4.69, 9.17) is 4.74 Å². The summed E-state index contributed by atoms with van der Waals surface area (Å²) >= 11 is 3.22. The first-order valence-electron chi connectivity index (χ1n) is 6.15. The van der Waals surface area contributed by atoms with Crippen LogP contribution < -0.4 is 10.1 Å². The zero-order valence-corrected chi connectivity index (χ0v) is 12.1. The van der Waals surface area contributed by atoms with Crippen LogP contribution in [0.4, 0.5) is 4.39 Å². The minimum atomic E-state index is -0.280. The maximum atomic E-state index is 13.4. The third kappa shape index (κ3) is 3.43. The molecular formula is C13H18BrFN2O. The Morgan fingerprint density at radius 1 is 1.39 bits per heavy atom. The van der Waals surface area contributed by atoms with E-state index in [9.17, 15) is 4.39 Å². The normalized spacial score (nSPS) is 16.8. The molecule has 0 atom stereocenters. The van der Waals surface area contributed by atoms with Crippen molar-refractivity contribution in [3.63, 3.8) is 0 Å². The highest BCUT2D eigenvalue weighted by molar-refractivity contribution is 9.10. The second-order valence-electron chi connectivity index (χ2n) is 4.42. The third-order valence-corrected chi connectivity index (χ3v) is 3.84. The van der Waals surface area contributed by atoms with Gasteiger partial charge in [0.2, 0.25) is 0 Å². The molecule has 0 bridgehead atoms. The van der Waals surface area contributed by atoms with Gasteiger partial charge in [0.15, 0.2) is 0 Å². The molecule has 100 valence electrons. The van der Waals surface area contributed by atoms with Crippen molar-refractivity contribution in [3.05, 3.63) is 28.0 Å². The number of rotatable bonds is 4. The predicted octanol–water partition coefficient (Wildman–Crippen LogP) is 2.04. The van der Waals surface area contributed by atoms with Crippen LogP contribution in [0.5, 0.6) is 5.75 Å². The fraction of sp³-hybridized carbons (Fsp3) is 0.538. The standard InChI is InChI=1S/C13H18BrFN2O/c1-18-13-9-12(15)11(14)8-10(13)2-5-17-6-3-16-4-7-17/h8-9,16H,2-7H2,1H3. The van der Waals surface area contributed by atoms with Gasteiger partial charge in [0.05, 0.1) is 11.6 Å². The van der Waals surface area contributed by atoms with E-state index >= 15 is 0 Å². The van der Waals surface area contributed by atoms with Crippen LogP contribution in [0, 0.1) is 5.82 Å². The molecule has 0 spiro atoms. The predicted molar refractivity (Wildman–Crippen MR) is 73.7 cm³/mol. The molecule has 0 unspecified atom stereocenters. The monoisotopic (exact) mass is 316 g/mol. The summed E-state index contributed by atoms with van der Waals surface area (Å²) in [4.78, 5) is 2.41. The smallest absolute Gasteiger partial charge is 0.141 e. The number of piperazine rings is 1. The van der Waals surface area contributed by atoms with E-state index in [2.05, 4.69) is 26.1 Å². The molecule has 3 nitrogen and oxygen atoms in total. The van der Waals surface area contributed by atoms with Crippen LogP contribution in [-0.2, 0) is 6.42 Å². The van der Waals surface area contributed by atoms with Crippen LogP contribution in [0.25, 0.3) is 0 Å². The Hall–Kier alpha value is -0.650. The topological polar surface area (TPSA) is 24.5 Å². The van der Waals surface area contributed by atoms with E-state index in [-0.39, 0.29) is 5.82 Å². The first-order chi connectivity index (χ1) is 8.70. The zero-order valence-electron chi connectivity index (χ0n) is 10.5. The van der Waals surface area contributed by atoms with E-state index in [0.717, 1.165) is 44.7 Å². The molecular weight excluding hydrogens is 299 g/mol. The number of ether oxygens (including phenoxy) is 1. The molecule has 0 radical (unpaired) electrons. The van der Waals surface area contributed by atoms with E-state index in [0.29, 0.717) is 10.2 Å². The van der Waals surface area contributed by atoms with Gasteiger partial charge in [0.1, 0.15) is 11.6 Å². The SMILES string of the molecule is COc1cc(F)c(Br)cc1CCN1CCNCC1. The zero-order chi connectivity index (χ0) is 13.0. The lowest BCUT2D eigenvalue weighted by Crippen LogP contribution is -2.44. The highest BCUT2D eigenvalue weighted by atomic mass is 79.9. The van der Waals surface area contributed by atoms with Crippen LogP contribution in [0.3, 0.4) is 0 Å². The minimum absolute atomic E-state index is 0.280. The Morgan fingerprint density at radius 3 is 2.78 bits per heavy atom. The fourth-order valence-electron chi connectivity index (χ4n) is 2.17. The number of methoxy groups -OCH3 is 1. The number of hydrogen-bond acceptors (Lipinski definition) is 3. The molecule has 0 saturated carbocycles. The van der Waals surface area contributed by atoms with Gasteiger partial charge in [-0.25, -0.2) is 4.39 Å². The van der Waals surface area contributed by atoms with Crippen molar-refractivity contribution in [2.75, 3.05) is 39.8 Å². The molecule has 1 aliphatic heterocycles. The molecule has 1 N–H and O–H groups in total. The number of nitrogens with zero attached hydrogens (tertiary/aromatic N) is 1. The van der Waals surface area contributed by atoms with Crippen LogP contribution in [0.1, 0.15) is 5.56 Å². The molecule has 1 aliphatic rings. The van der Waals surface area contributed by atoms with Crippen LogP contribution in [-0.4, -0.2) is 44.7 Å². The Balaban J connectivity index is 2.01. The molecule has 5 heteroatoms. The van der Waals surface area contributed by atoms with Crippen LogP contribution >= 0.6 is 15.9 Å². The van der Waals surface area contributed by atoms with E-state index < -0.39 is 0 Å². The Kier molecular flexibility index (Phi) is 4.97. The number of nitrogens with one attached hydrogen (secondary N) is 1. The van der Waals surface area contributed by atoms with Crippen molar-refractivity contribution in [3.8, 4) is 5.75 Å². The fourth-order valence-corrected chi connectivity index (χ4v) is 2.56. The summed E-state index contributed by atoms with van der Waals surface area (Å²) in [5.74, 6) is 0.351. The molecule has 1 aromatic carbocycles. The Bertz CT molecular complexity index is 408. The Labute approximate surface area is 115 Å². The van der Waals surface area contributed by atoms with Gasteiger partial charge in [0, 0.05) is 38.8 Å². The second-order valence-corrected chi connectivity index (χ2v) is 5.27. The second kappa shape index (κ2) is 6.50. The summed E-state index contributed by atoms with van der Waals surface area (Å²) in [6, 6.07) is 3.26. The van der Waals surface area contributed by atoms with Gasteiger partial charge in [-0.1, -0.05) is 0 Å². The summed E-state index contributed by atoms with van der Waals surface area (Å²) in [5.41, 5.74) is 1.05. The quantitative estimate of drug-likeness (QED) is 0.920. The maximum absolute atomic E-state index is 13.4. The van der Waals surface area contributed by atoms with Crippen molar-refractivity contribution in [1.82, 2.24) is 10.2 Å². The van der Waals surface area contributed by atoms with E-state index in [1.54, 1.807) is 7.11 Å². The summed E-state index contributed by atoms with van der Waals surface area (Å²) < 4.78 is 19.1. The lowest BCUT2D eigenvalue weighted by molar-refractivity contribution is 0.243. The summed E-state index contributed by atoms with van der Waals surface area (Å²) in [5, 5.41) is 3.33. The molecule has 0 aromatic heterocycles. The molecule has 1 heterocycles. The van der Waals surface area contributed by atoms with Crippen LogP contribution in [0.15, 0.2) is 16.6 Å². The molecule has 2 rings (SSSR count). The number of halogens is 2. The Morgan fingerprint density at radius 2 is 2.11 bits per heavy atom. The molecule has 1 saturated heterocycles. The molecule has 0 aliphatic carbocycles. The van der Waals surface area contributed by atoms with E-state index in [1.807, 2.05) is 6.07 Å². The lowest BCUT2D eigenvalue weighted by Gasteiger charge is -2.27. The average molecular weight is 317 g/mol. The first kappa shape index (κ1) is 13.8. The third-order valence-electron chi connectivity index (χ3n) is 3.23. The van der Waals surface area contributed by atoms with Gasteiger partial charge in [0.25, 0.3) is 0 Å². The summed E-state index contributed by atoms with van der Waals surface area (Å²) in [7, 11) is 1.58. The average Bonchev–Trinajstić information content (AvgIpc) is 2.41. The maximum Gasteiger partial charge on any atom is 0.141 e. The van der Waals surface area contributed by atoms with Gasteiger partial charge >= 0.3 is 0 Å². The molecule has 1 fully saturated rings. The van der Waals surface area contributed by atoms with Gasteiger partial charge in [-0.2, -0.15) is 0 Å². The molecule has 18 heavy (non-hydrogen) atoms. The number of benzene rings is 1.